The van der Waals surface area contributed by atoms with Crippen molar-refractivity contribution in [2.24, 2.45) is 7.05 Å². The van der Waals surface area contributed by atoms with E-state index in [-0.39, 0.29) is 30.0 Å². The fourth-order valence-electron chi connectivity index (χ4n) is 1.88. The van der Waals surface area contributed by atoms with Crippen molar-refractivity contribution >= 4 is 11.8 Å². The topological polar surface area (TPSA) is 61.2 Å². The first kappa shape index (κ1) is 16.4. The summed E-state index contributed by atoms with van der Waals surface area (Å²) in [4.78, 5) is 23.7. The molecule has 0 atom stereocenters. The number of carbonyl (C=O) groups excluding carboxylic acids is 2. The highest BCUT2D eigenvalue weighted by Crippen LogP contribution is 2.25. The molecular weight excluding hydrogens is 256 g/mol. The fourth-order valence-corrected chi connectivity index (χ4v) is 1.88. The molecule has 20 heavy (non-hydrogen) atoms. The Morgan fingerprint density at radius 3 is 2.50 bits per heavy atom. The van der Waals surface area contributed by atoms with Gasteiger partial charge in [-0.3, -0.25) is 14.3 Å². The van der Waals surface area contributed by atoms with Gasteiger partial charge in [0.1, 0.15) is 0 Å². The van der Waals surface area contributed by atoms with Gasteiger partial charge < -0.3 is 4.74 Å². The van der Waals surface area contributed by atoms with E-state index in [0.29, 0.717) is 12.2 Å². The molecule has 112 valence electrons. The van der Waals surface area contributed by atoms with Gasteiger partial charge in [0.15, 0.2) is 5.78 Å². The number of esters is 1. The van der Waals surface area contributed by atoms with Crippen LogP contribution < -0.4 is 0 Å². The average Bonchev–Trinajstić information content (AvgIpc) is 2.75. The predicted octanol–water partition coefficient (Wildman–Crippen LogP) is 2.63. The molecule has 5 nitrogen and oxygen atoms in total. The van der Waals surface area contributed by atoms with Gasteiger partial charge in [-0.25, -0.2) is 0 Å². The molecule has 1 rings (SSSR count). The molecule has 1 aromatic rings. The van der Waals surface area contributed by atoms with Gasteiger partial charge in [-0.2, -0.15) is 5.10 Å². The third kappa shape index (κ3) is 4.47. The highest BCUT2D eigenvalue weighted by atomic mass is 16.5. The van der Waals surface area contributed by atoms with E-state index in [1.807, 2.05) is 27.7 Å². The lowest BCUT2D eigenvalue weighted by Crippen LogP contribution is -2.17. The van der Waals surface area contributed by atoms with Crippen LogP contribution in [0.3, 0.4) is 0 Å². The summed E-state index contributed by atoms with van der Waals surface area (Å²) < 4.78 is 6.61. The molecule has 0 fully saturated rings. The van der Waals surface area contributed by atoms with Crippen LogP contribution in [0.15, 0.2) is 6.20 Å². The molecular formula is C15H24N2O3. The van der Waals surface area contributed by atoms with Crippen LogP contribution in [0, 0.1) is 0 Å². The highest BCUT2D eigenvalue weighted by molar-refractivity contribution is 5.98. The standard InChI is InChI=1S/C15H24N2O3/c1-6-9-20-13(19)8-7-12(18)11-10-17(5)16-14(11)15(2,3)4/h10H,6-9H2,1-5H3. The van der Waals surface area contributed by atoms with Gasteiger partial charge in [-0.1, -0.05) is 27.7 Å². The minimum absolute atomic E-state index is 0.0588. The van der Waals surface area contributed by atoms with Crippen molar-refractivity contribution in [2.45, 2.75) is 52.4 Å². The summed E-state index contributed by atoms with van der Waals surface area (Å²) in [5.41, 5.74) is 1.17. The summed E-state index contributed by atoms with van der Waals surface area (Å²) >= 11 is 0. The van der Waals surface area contributed by atoms with Crippen LogP contribution in [0.5, 0.6) is 0 Å². The number of rotatable bonds is 6. The molecule has 0 amide bonds. The van der Waals surface area contributed by atoms with Crippen LogP contribution in [-0.4, -0.2) is 28.1 Å². The second-order valence-corrected chi connectivity index (χ2v) is 5.96. The molecule has 0 radical (unpaired) electrons. The van der Waals surface area contributed by atoms with Crippen molar-refractivity contribution in [1.29, 1.82) is 0 Å². The fraction of sp³-hybridized carbons (Fsp3) is 0.667. The van der Waals surface area contributed by atoms with E-state index >= 15 is 0 Å². The van der Waals surface area contributed by atoms with Crippen LogP contribution in [0.4, 0.5) is 0 Å². The zero-order chi connectivity index (χ0) is 15.3. The minimum Gasteiger partial charge on any atom is -0.466 e. The van der Waals surface area contributed by atoms with Gasteiger partial charge in [0.05, 0.1) is 24.3 Å². The number of Topliss-reactive ketones (excluding diaryl/α,β-unsaturated/α-hetero) is 1. The summed E-state index contributed by atoms with van der Waals surface area (Å²) in [7, 11) is 1.79. The molecule has 0 bridgehead atoms. The van der Waals surface area contributed by atoms with Crippen molar-refractivity contribution in [3.05, 3.63) is 17.5 Å². The van der Waals surface area contributed by atoms with Gasteiger partial charge in [-0.05, 0) is 6.42 Å². The largest absolute Gasteiger partial charge is 0.466 e. The van der Waals surface area contributed by atoms with Crippen LogP contribution in [-0.2, 0) is 22.0 Å². The number of aromatic nitrogens is 2. The van der Waals surface area contributed by atoms with Gasteiger partial charge in [0, 0.05) is 25.1 Å². The third-order valence-corrected chi connectivity index (χ3v) is 2.86. The predicted molar refractivity (Wildman–Crippen MR) is 76.7 cm³/mol. The Morgan fingerprint density at radius 2 is 1.95 bits per heavy atom. The third-order valence-electron chi connectivity index (χ3n) is 2.86. The summed E-state index contributed by atoms with van der Waals surface area (Å²) in [5, 5.41) is 4.36. The van der Waals surface area contributed by atoms with Crippen molar-refractivity contribution in [3.8, 4) is 0 Å². The molecule has 5 heteroatoms. The molecule has 1 heterocycles. The molecule has 0 aliphatic rings. The Kier molecular flexibility index (Phi) is 5.48. The first-order valence-electron chi connectivity index (χ1n) is 6.98. The lowest BCUT2D eigenvalue weighted by atomic mass is 9.88. The Labute approximate surface area is 120 Å². The Balaban J connectivity index is 2.71. The summed E-state index contributed by atoms with van der Waals surface area (Å²) in [5.74, 6) is -0.377. The van der Waals surface area contributed by atoms with Gasteiger partial charge >= 0.3 is 5.97 Å². The van der Waals surface area contributed by atoms with Crippen molar-refractivity contribution < 1.29 is 14.3 Å². The molecule has 0 aliphatic carbocycles. The van der Waals surface area contributed by atoms with Crippen molar-refractivity contribution in [1.82, 2.24) is 9.78 Å². The number of hydrogen-bond acceptors (Lipinski definition) is 4. The van der Waals surface area contributed by atoms with E-state index in [4.69, 9.17) is 4.74 Å². The zero-order valence-corrected chi connectivity index (χ0v) is 13.0. The minimum atomic E-state index is -0.318. The molecule has 0 spiro atoms. The maximum atomic E-state index is 12.2. The number of hydrogen-bond donors (Lipinski definition) is 0. The smallest absolute Gasteiger partial charge is 0.306 e. The van der Waals surface area contributed by atoms with E-state index in [2.05, 4.69) is 5.10 Å². The lowest BCUT2D eigenvalue weighted by molar-refractivity contribution is -0.143. The van der Waals surface area contributed by atoms with Gasteiger partial charge in [0.2, 0.25) is 0 Å². The first-order chi connectivity index (χ1) is 9.25. The molecule has 0 aliphatic heterocycles. The molecule has 0 N–H and O–H groups in total. The number of ether oxygens (including phenoxy) is 1. The number of aryl methyl sites for hydroxylation is 1. The van der Waals surface area contributed by atoms with Gasteiger partial charge in [-0.15, -0.1) is 0 Å². The maximum Gasteiger partial charge on any atom is 0.306 e. The quantitative estimate of drug-likeness (QED) is 0.593. The van der Waals surface area contributed by atoms with E-state index in [0.717, 1.165) is 12.1 Å². The SMILES string of the molecule is CCCOC(=O)CCC(=O)c1cn(C)nc1C(C)(C)C. The molecule has 0 saturated carbocycles. The first-order valence-corrected chi connectivity index (χ1v) is 6.98. The summed E-state index contributed by atoms with van der Waals surface area (Å²) in [6.07, 6.45) is 2.80. The maximum absolute atomic E-state index is 12.2. The van der Waals surface area contributed by atoms with E-state index in [1.165, 1.54) is 0 Å². The van der Waals surface area contributed by atoms with Gasteiger partial charge in [0.25, 0.3) is 0 Å². The van der Waals surface area contributed by atoms with E-state index in [9.17, 15) is 9.59 Å². The van der Waals surface area contributed by atoms with E-state index in [1.54, 1.807) is 17.9 Å². The van der Waals surface area contributed by atoms with Crippen LogP contribution in [0.2, 0.25) is 0 Å². The summed E-state index contributed by atoms with van der Waals surface area (Å²) in [6.45, 7) is 8.39. The number of nitrogens with zero attached hydrogens (tertiary/aromatic N) is 2. The zero-order valence-electron chi connectivity index (χ0n) is 13.0. The molecule has 0 unspecified atom stereocenters. The Hall–Kier alpha value is -1.65. The second-order valence-electron chi connectivity index (χ2n) is 5.96. The number of carbonyl (C=O) groups is 2. The summed E-state index contributed by atoms with van der Waals surface area (Å²) in [6, 6.07) is 0. The molecule has 0 aromatic carbocycles. The second kappa shape index (κ2) is 6.68. The number of ketones is 1. The van der Waals surface area contributed by atoms with Crippen molar-refractivity contribution in [3.63, 3.8) is 0 Å². The van der Waals surface area contributed by atoms with Crippen LogP contribution >= 0.6 is 0 Å². The Morgan fingerprint density at radius 1 is 1.30 bits per heavy atom. The van der Waals surface area contributed by atoms with Crippen molar-refractivity contribution in [2.75, 3.05) is 6.61 Å². The highest BCUT2D eigenvalue weighted by Gasteiger charge is 2.25. The molecule has 0 saturated heterocycles. The monoisotopic (exact) mass is 280 g/mol. The average molecular weight is 280 g/mol. The van der Waals surface area contributed by atoms with E-state index < -0.39 is 0 Å². The van der Waals surface area contributed by atoms with Crippen LogP contribution in [0.25, 0.3) is 0 Å². The normalized spacial score (nSPS) is 11.4. The molecule has 1 aromatic heterocycles. The lowest BCUT2D eigenvalue weighted by Gasteiger charge is -2.16. The Bertz CT molecular complexity index is 484. The van der Waals surface area contributed by atoms with Crippen LogP contribution in [0.1, 0.15) is 63.0 Å².